The van der Waals surface area contributed by atoms with Crippen LogP contribution in [0.2, 0.25) is 0 Å². The van der Waals surface area contributed by atoms with Crippen LogP contribution in [0.15, 0.2) is 29.2 Å². The SMILES string of the molecule is NC1CCCN(C(=O)Cc2ccc(S(=O)(=O)N3CCCCC3)cc2)C1. The molecule has 1 amide bonds. The molecule has 7 heteroatoms. The standard InChI is InChI=1S/C18H27N3O3S/c19-16-5-4-10-20(14-16)18(22)13-15-6-8-17(9-7-15)25(23,24)21-11-2-1-3-12-21/h6-9,16H,1-5,10-14,19H2. The number of amides is 1. The van der Waals surface area contributed by atoms with Crippen LogP contribution in [0.5, 0.6) is 0 Å². The van der Waals surface area contributed by atoms with E-state index < -0.39 is 10.0 Å². The highest BCUT2D eigenvalue weighted by Crippen LogP contribution is 2.21. The van der Waals surface area contributed by atoms with Gasteiger partial charge < -0.3 is 10.6 Å². The summed E-state index contributed by atoms with van der Waals surface area (Å²) in [4.78, 5) is 14.5. The normalized spacial score (nSPS) is 22.8. The highest BCUT2D eigenvalue weighted by Gasteiger charge is 2.26. The predicted octanol–water partition coefficient (Wildman–Crippen LogP) is 1.35. The minimum absolute atomic E-state index is 0.0572. The van der Waals surface area contributed by atoms with Gasteiger partial charge in [0.25, 0.3) is 0 Å². The number of carbonyl (C=O) groups excluding carboxylic acids is 1. The molecule has 138 valence electrons. The molecule has 0 spiro atoms. The van der Waals surface area contributed by atoms with E-state index in [-0.39, 0.29) is 18.4 Å². The Morgan fingerprint density at radius 3 is 2.36 bits per heavy atom. The van der Waals surface area contributed by atoms with E-state index in [1.54, 1.807) is 28.6 Å². The van der Waals surface area contributed by atoms with Gasteiger partial charge >= 0.3 is 0 Å². The number of likely N-dealkylation sites (tertiary alicyclic amines) is 1. The molecular formula is C18H27N3O3S. The summed E-state index contributed by atoms with van der Waals surface area (Å²) in [5.74, 6) is 0.0572. The first-order chi connectivity index (χ1) is 12.0. The van der Waals surface area contributed by atoms with Gasteiger partial charge in [-0.2, -0.15) is 4.31 Å². The highest BCUT2D eigenvalue weighted by atomic mass is 32.2. The van der Waals surface area contributed by atoms with Gasteiger partial charge in [0, 0.05) is 32.2 Å². The minimum Gasteiger partial charge on any atom is -0.341 e. The molecule has 6 nitrogen and oxygen atoms in total. The molecule has 0 bridgehead atoms. The number of sulfonamides is 1. The average molecular weight is 365 g/mol. The zero-order valence-electron chi connectivity index (χ0n) is 14.6. The van der Waals surface area contributed by atoms with Gasteiger partial charge in [-0.05, 0) is 43.4 Å². The minimum atomic E-state index is -3.41. The van der Waals surface area contributed by atoms with Crippen molar-refractivity contribution in [3.05, 3.63) is 29.8 Å². The van der Waals surface area contributed by atoms with Crippen LogP contribution in [0.1, 0.15) is 37.7 Å². The molecule has 1 atom stereocenters. The Morgan fingerprint density at radius 2 is 1.72 bits per heavy atom. The topological polar surface area (TPSA) is 83.7 Å². The van der Waals surface area contributed by atoms with Crippen molar-refractivity contribution >= 4 is 15.9 Å². The molecule has 0 aromatic heterocycles. The van der Waals surface area contributed by atoms with Gasteiger partial charge in [0.05, 0.1) is 11.3 Å². The number of hydrogen-bond donors (Lipinski definition) is 1. The summed E-state index contributed by atoms with van der Waals surface area (Å²) < 4.78 is 26.8. The summed E-state index contributed by atoms with van der Waals surface area (Å²) in [6.07, 6.45) is 5.13. The zero-order chi connectivity index (χ0) is 17.9. The molecule has 1 aromatic carbocycles. The Hall–Kier alpha value is -1.44. The molecule has 3 rings (SSSR count). The third kappa shape index (κ3) is 4.40. The Kier molecular flexibility index (Phi) is 5.76. The maximum absolute atomic E-state index is 12.6. The largest absolute Gasteiger partial charge is 0.341 e. The molecular weight excluding hydrogens is 338 g/mol. The predicted molar refractivity (Wildman–Crippen MR) is 96.5 cm³/mol. The lowest BCUT2D eigenvalue weighted by atomic mass is 10.1. The number of rotatable bonds is 4. The molecule has 2 aliphatic heterocycles. The fourth-order valence-electron chi connectivity index (χ4n) is 3.56. The van der Waals surface area contributed by atoms with Gasteiger partial charge in [-0.25, -0.2) is 8.42 Å². The summed E-state index contributed by atoms with van der Waals surface area (Å²) in [6.45, 7) is 2.56. The van der Waals surface area contributed by atoms with Crippen LogP contribution in [-0.4, -0.2) is 55.8 Å². The summed E-state index contributed by atoms with van der Waals surface area (Å²) in [7, 11) is -3.41. The number of benzene rings is 1. The lowest BCUT2D eigenvalue weighted by molar-refractivity contribution is -0.131. The Labute approximate surface area is 150 Å². The Balaban J connectivity index is 1.64. The fraction of sp³-hybridized carbons (Fsp3) is 0.611. The van der Waals surface area contributed by atoms with Crippen molar-refractivity contribution in [2.24, 2.45) is 5.73 Å². The molecule has 2 fully saturated rings. The van der Waals surface area contributed by atoms with Crippen molar-refractivity contribution in [3.8, 4) is 0 Å². The molecule has 2 aliphatic rings. The van der Waals surface area contributed by atoms with Gasteiger partial charge in [0.2, 0.25) is 15.9 Å². The third-order valence-corrected chi connectivity index (χ3v) is 6.95. The molecule has 25 heavy (non-hydrogen) atoms. The Bertz CT molecular complexity index is 697. The van der Waals surface area contributed by atoms with Crippen LogP contribution < -0.4 is 5.73 Å². The van der Waals surface area contributed by atoms with Crippen molar-refractivity contribution in [2.45, 2.75) is 49.5 Å². The number of nitrogens with zero attached hydrogens (tertiary/aromatic N) is 2. The maximum Gasteiger partial charge on any atom is 0.243 e. The lowest BCUT2D eigenvalue weighted by Gasteiger charge is -2.30. The second-order valence-electron chi connectivity index (χ2n) is 7.03. The van der Waals surface area contributed by atoms with E-state index in [1.807, 2.05) is 4.90 Å². The first-order valence-electron chi connectivity index (χ1n) is 9.09. The second-order valence-corrected chi connectivity index (χ2v) is 8.97. The van der Waals surface area contributed by atoms with Crippen LogP contribution in [0.4, 0.5) is 0 Å². The molecule has 2 saturated heterocycles. The van der Waals surface area contributed by atoms with Crippen molar-refractivity contribution in [3.63, 3.8) is 0 Å². The lowest BCUT2D eigenvalue weighted by Crippen LogP contribution is -2.46. The fourth-order valence-corrected chi connectivity index (χ4v) is 5.07. The van der Waals surface area contributed by atoms with Crippen LogP contribution in [0.25, 0.3) is 0 Å². The first kappa shape index (κ1) is 18.4. The van der Waals surface area contributed by atoms with Crippen LogP contribution in [-0.2, 0) is 21.2 Å². The quantitative estimate of drug-likeness (QED) is 0.873. The zero-order valence-corrected chi connectivity index (χ0v) is 15.4. The number of nitrogens with two attached hydrogens (primary N) is 1. The van der Waals surface area contributed by atoms with Crippen LogP contribution in [0.3, 0.4) is 0 Å². The van der Waals surface area contributed by atoms with Gasteiger partial charge in [0.1, 0.15) is 0 Å². The smallest absolute Gasteiger partial charge is 0.243 e. The monoisotopic (exact) mass is 365 g/mol. The van der Waals surface area contributed by atoms with Crippen molar-refractivity contribution in [1.82, 2.24) is 9.21 Å². The van der Waals surface area contributed by atoms with Crippen molar-refractivity contribution in [1.29, 1.82) is 0 Å². The van der Waals surface area contributed by atoms with Crippen LogP contribution in [0, 0.1) is 0 Å². The number of piperidine rings is 2. The third-order valence-electron chi connectivity index (χ3n) is 5.04. The van der Waals surface area contributed by atoms with E-state index in [0.717, 1.165) is 44.2 Å². The Morgan fingerprint density at radius 1 is 1.04 bits per heavy atom. The summed E-state index contributed by atoms with van der Waals surface area (Å²) in [6, 6.07) is 6.80. The number of carbonyl (C=O) groups is 1. The van der Waals surface area contributed by atoms with Gasteiger partial charge in [-0.3, -0.25) is 4.79 Å². The van der Waals surface area contributed by atoms with Crippen molar-refractivity contribution < 1.29 is 13.2 Å². The van der Waals surface area contributed by atoms with E-state index in [9.17, 15) is 13.2 Å². The number of hydrogen-bond acceptors (Lipinski definition) is 4. The van der Waals surface area contributed by atoms with Gasteiger partial charge in [-0.15, -0.1) is 0 Å². The summed E-state index contributed by atoms with van der Waals surface area (Å²) in [5.41, 5.74) is 6.76. The second kappa shape index (κ2) is 7.85. The molecule has 2 heterocycles. The van der Waals surface area contributed by atoms with Crippen LogP contribution >= 0.6 is 0 Å². The summed E-state index contributed by atoms with van der Waals surface area (Å²) in [5, 5.41) is 0. The van der Waals surface area contributed by atoms with E-state index >= 15 is 0 Å². The van der Waals surface area contributed by atoms with E-state index in [2.05, 4.69) is 0 Å². The molecule has 2 N–H and O–H groups in total. The maximum atomic E-state index is 12.6. The molecule has 1 aromatic rings. The van der Waals surface area contributed by atoms with E-state index in [1.165, 1.54) is 0 Å². The van der Waals surface area contributed by atoms with E-state index in [0.29, 0.717) is 24.5 Å². The van der Waals surface area contributed by atoms with Gasteiger partial charge in [-0.1, -0.05) is 18.6 Å². The molecule has 1 unspecified atom stereocenters. The van der Waals surface area contributed by atoms with Gasteiger partial charge in [0.15, 0.2) is 0 Å². The highest BCUT2D eigenvalue weighted by molar-refractivity contribution is 7.89. The van der Waals surface area contributed by atoms with Crippen molar-refractivity contribution in [2.75, 3.05) is 26.2 Å². The summed E-state index contributed by atoms with van der Waals surface area (Å²) >= 11 is 0. The first-order valence-corrected chi connectivity index (χ1v) is 10.5. The molecule has 0 radical (unpaired) electrons. The molecule has 0 aliphatic carbocycles. The van der Waals surface area contributed by atoms with E-state index in [4.69, 9.17) is 5.73 Å². The average Bonchev–Trinajstić information content (AvgIpc) is 2.63. The molecule has 0 saturated carbocycles.